The van der Waals surface area contributed by atoms with E-state index in [0.29, 0.717) is 5.92 Å². The smallest absolute Gasteiger partial charge is 0.318 e. The summed E-state index contributed by atoms with van der Waals surface area (Å²) in [6.45, 7) is 2.97. The Hall–Kier alpha value is -2.12. The molecule has 1 fully saturated rings. The molecule has 0 aromatic heterocycles. The van der Waals surface area contributed by atoms with E-state index < -0.39 is 11.9 Å². The number of amides is 3. The van der Waals surface area contributed by atoms with Gasteiger partial charge in [0, 0.05) is 18.8 Å². The third-order valence-electron chi connectivity index (χ3n) is 4.08. The second-order valence-corrected chi connectivity index (χ2v) is 5.83. The molecule has 5 N–H and O–H groups in total. The molecule has 1 aliphatic heterocycles. The van der Waals surface area contributed by atoms with E-state index in [4.69, 9.17) is 5.73 Å². The third-order valence-corrected chi connectivity index (χ3v) is 4.08. The fourth-order valence-corrected chi connectivity index (χ4v) is 2.76. The van der Waals surface area contributed by atoms with Crippen LogP contribution in [-0.2, 0) is 11.3 Å². The van der Waals surface area contributed by atoms with E-state index in [1.807, 2.05) is 29.6 Å². The quantitative estimate of drug-likeness (QED) is 0.610. The van der Waals surface area contributed by atoms with Gasteiger partial charge < -0.3 is 16.2 Å². The summed E-state index contributed by atoms with van der Waals surface area (Å²) in [7, 11) is 0. The number of nitrogens with one attached hydrogen (secondary N) is 2. The van der Waals surface area contributed by atoms with Gasteiger partial charge >= 0.3 is 6.03 Å². The third kappa shape index (κ3) is 5.54. The van der Waals surface area contributed by atoms with Gasteiger partial charge in [0.15, 0.2) is 0 Å². The average Bonchev–Trinajstić information content (AvgIpc) is 2.54. The van der Waals surface area contributed by atoms with E-state index in [2.05, 4.69) is 10.2 Å². The first kappa shape index (κ1) is 17.2. The first-order valence-corrected chi connectivity index (χ1v) is 7.82. The van der Waals surface area contributed by atoms with Crippen molar-refractivity contribution in [3.05, 3.63) is 29.8 Å². The monoisotopic (exact) mass is 320 g/mol. The number of nitrogens with zero attached hydrogens (tertiary/aromatic N) is 1. The molecule has 2 rings (SSSR count). The number of aliphatic hydroxyl groups excluding tert-OH is 1. The predicted molar refractivity (Wildman–Crippen MR) is 87.7 cm³/mol. The lowest BCUT2D eigenvalue weighted by molar-refractivity contribution is -0.118. The molecular weight excluding hydrogens is 296 g/mol. The number of primary amides is 1. The summed E-state index contributed by atoms with van der Waals surface area (Å²) in [4.78, 5) is 24.5. The van der Waals surface area contributed by atoms with E-state index in [0.717, 1.165) is 43.7 Å². The van der Waals surface area contributed by atoms with Crippen molar-refractivity contribution in [1.82, 2.24) is 10.2 Å². The number of hydrogen-bond acceptors (Lipinski definition) is 5. The number of nitrogens with two attached hydrogens (primary N) is 1. The summed E-state index contributed by atoms with van der Waals surface area (Å²) in [6.07, 6.45) is 2.01. The van der Waals surface area contributed by atoms with Gasteiger partial charge in [-0.2, -0.15) is 0 Å². The standard InChI is InChI=1S/C16H24N4O3/c17-16(23)19-15(22)9-18-14-4-2-1-3-13(14)10-20-7-5-12(11-21)6-8-20/h1-4,12,18,21H,5-11H2,(H3,17,19,22,23). The zero-order chi connectivity index (χ0) is 16.7. The normalized spacial score (nSPS) is 16.0. The van der Waals surface area contributed by atoms with Gasteiger partial charge in [0.25, 0.3) is 0 Å². The van der Waals surface area contributed by atoms with E-state index >= 15 is 0 Å². The molecule has 0 radical (unpaired) electrons. The molecule has 3 amide bonds. The highest BCUT2D eigenvalue weighted by atomic mass is 16.3. The van der Waals surface area contributed by atoms with E-state index in [9.17, 15) is 14.7 Å². The number of rotatable bonds is 6. The number of anilines is 1. The van der Waals surface area contributed by atoms with Gasteiger partial charge in [0.1, 0.15) is 0 Å². The molecule has 0 spiro atoms. The molecule has 1 aromatic rings. The molecule has 0 atom stereocenters. The molecule has 0 saturated carbocycles. The second-order valence-electron chi connectivity index (χ2n) is 5.83. The van der Waals surface area contributed by atoms with Gasteiger partial charge in [-0.25, -0.2) is 4.79 Å². The Morgan fingerprint density at radius 1 is 1.26 bits per heavy atom. The van der Waals surface area contributed by atoms with Crippen LogP contribution in [0.3, 0.4) is 0 Å². The minimum Gasteiger partial charge on any atom is -0.396 e. The SMILES string of the molecule is NC(=O)NC(=O)CNc1ccccc1CN1CCC(CO)CC1. The second kappa shape index (κ2) is 8.50. The molecule has 0 aliphatic carbocycles. The Morgan fingerprint density at radius 3 is 2.61 bits per heavy atom. The zero-order valence-electron chi connectivity index (χ0n) is 13.1. The lowest BCUT2D eigenvalue weighted by Gasteiger charge is -2.31. The summed E-state index contributed by atoms with van der Waals surface area (Å²) in [5, 5.41) is 14.3. The minimum atomic E-state index is -0.850. The van der Waals surface area contributed by atoms with Crippen LogP contribution in [0.5, 0.6) is 0 Å². The number of para-hydroxylation sites is 1. The number of piperidine rings is 1. The number of carbonyl (C=O) groups excluding carboxylic acids is 2. The first-order valence-electron chi connectivity index (χ1n) is 7.82. The fraction of sp³-hybridized carbons (Fsp3) is 0.500. The largest absolute Gasteiger partial charge is 0.396 e. The van der Waals surface area contributed by atoms with Gasteiger partial charge in [-0.3, -0.25) is 15.0 Å². The maximum atomic E-state index is 11.5. The molecule has 1 aliphatic rings. The van der Waals surface area contributed by atoms with Crippen LogP contribution in [0.4, 0.5) is 10.5 Å². The van der Waals surface area contributed by atoms with Crippen molar-refractivity contribution in [2.45, 2.75) is 19.4 Å². The summed E-state index contributed by atoms with van der Waals surface area (Å²) in [6, 6.07) is 6.94. The zero-order valence-corrected chi connectivity index (χ0v) is 13.1. The molecule has 7 nitrogen and oxygen atoms in total. The van der Waals surface area contributed by atoms with Crippen LogP contribution in [0, 0.1) is 5.92 Å². The molecule has 1 heterocycles. The van der Waals surface area contributed by atoms with Crippen molar-refractivity contribution in [1.29, 1.82) is 0 Å². The maximum Gasteiger partial charge on any atom is 0.318 e. The van der Waals surface area contributed by atoms with Gasteiger partial charge in [-0.05, 0) is 43.5 Å². The molecule has 0 bridgehead atoms. The molecule has 1 aromatic carbocycles. The van der Waals surface area contributed by atoms with Crippen molar-refractivity contribution >= 4 is 17.6 Å². The molecule has 0 unspecified atom stereocenters. The highest BCUT2D eigenvalue weighted by Gasteiger charge is 2.19. The van der Waals surface area contributed by atoms with Crippen LogP contribution in [-0.4, -0.2) is 48.2 Å². The number of benzene rings is 1. The number of urea groups is 1. The Kier molecular flexibility index (Phi) is 6.37. The molecule has 126 valence electrons. The van der Waals surface area contributed by atoms with Crippen molar-refractivity contribution < 1.29 is 14.7 Å². The van der Waals surface area contributed by atoms with Crippen LogP contribution in [0.2, 0.25) is 0 Å². The highest BCUT2D eigenvalue weighted by molar-refractivity contribution is 5.95. The van der Waals surface area contributed by atoms with Gasteiger partial charge in [0.2, 0.25) is 5.91 Å². The molecule has 23 heavy (non-hydrogen) atoms. The topological polar surface area (TPSA) is 108 Å². The lowest BCUT2D eigenvalue weighted by atomic mass is 9.97. The predicted octanol–water partition coefficient (Wildman–Crippen LogP) is 0.498. The highest BCUT2D eigenvalue weighted by Crippen LogP contribution is 2.22. The molecule has 1 saturated heterocycles. The van der Waals surface area contributed by atoms with Crippen LogP contribution < -0.4 is 16.4 Å². The van der Waals surface area contributed by atoms with Crippen LogP contribution in [0.25, 0.3) is 0 Å². The Bertz CT molecular complexity index is 542. The summed E-state index contributed by atoms with van der Waals surface area (Å²) >= 11 is 0. The first-order chi connectivity index (χ1) is 11.1. The number of carbonyl (C=O) groups is 2. The summed E-state index contributed by atoms with van der Waals surface area (Å²) < 4.78 is 0. The van der Waals surface area contributed by atoms with Gasteiger partial charge in [0.05, 0.1) is 6.54 Å². The summed E-state index contributed by atoms with van der Waals surface area (Å²) in [5.74, 6) is -0.0480. The maximum absolute atomic E-state index is 11.5. The van der Waals surface area contributed by atoms with Crippen LogP contribution >= 0.6 is 0 Å². The molecular formula is C16H24N4O3. The van der Waals surface area contributed by atoms with E-state index in [1.54, 1.807) is 0 Å². The van der Waals surface area contributed by atoms with Gasteiger partial charge in [-0.15, -0.1) is 0 Å². The number of imide groups is 1. The average molecular weight is 320 g/mol. The van der Waals surface area contributed by atoms with E-state index in [-0.39, 0.29) is 13.2 Å². The van der Waals surface area contributed by atoms with Crippen LogP contribution in [0.1, 0.15) is 18.4 Å². The Labute approximate surface area is 135 Å². The lowest BCUT2D eigenvalue weighted by Crippen LogP contribution is -2.38. The summed E-state index contributed by atoms with van der Waals surface area (Å²) in [5.41, 5.74) is 6.89. The van der Waals surface area contributed by atoms with Crippen molar-refractivity contribution in [2.24, 2.45) is 11.7 Å². The number of hydrogen-bond donors (Lipinski definition) is 4. The minimum absolute atomic E-state index is 0.00740. The Balaban J connectivity index is 1.90. The van der Waals surface area contributed by atoms with Crippen molar-refractivity contribution in [3.63, 3.8) is 0 Å². The van der Waals surface area contributed by atoms with Crippen molar-refractivity contribution in [2.75, 3.05) is 31.6 Å². The van der Waals surface area contributed by atoms with Crippen LogP contribution in [0.15, 0.2) is 24.3 Å². The molecule has 7 heteroatoms. The Morgan fingerprint density at radius 2 is 1.96 bits per heavy atom. The van der Waals surface area contributed by atoms with E-state index in [1.165, 1.54) is 0 Å². The number of aliphatic hydroxyl groups is 1. The van der Waals surface area contributed by atoms with Crippen molar-refractivity contribution in [3.8, 4) is 0 Å². The fourth-order valence-electron chi connectivity index (χ4n) is 2.76. The number of likely N-dealkylation sites (tertiary alicyclic amines) is 1. The van der Waals surface area contributed by atoms with Gasteiger partial charge in [-0.1, -0.05) is 18.2 Å².